The van der Waals surface area contributed by atoms with Crippen LogP contribution in [-0.4, -0.2) is 0 Å². The molecule has 6 aromatic rings. The molecule has 0 atom stereocenters. The van der Waals surface area contributed by atoms with Gasteiger partial charge in [-0.15, -0.1) is 0 Å². The number of hydrogen-bond donors (Lipinski definition) is 0. The van der Waals surface area contributed by atoms with Gasteiger partial charge in [0.2, 0.25) is 0 Å². The molecule has 0 aliphatic heterocycles. The number of hydrogen-bond acceptors (Lipinski definition) is 7. The van der Waals surface area contributed by atoms with E-state index in [1.807, 2.05) is 36.4 Å². The maximum atomic E-state index is 12.3. The Morgan fingerprint density at radius 3 is 1.36 bits per heavy atom. The highest BCUT2D eigenvalue weighted by Gasteiger charge is 2.24. The van der Waals surface area contributed by atoms with Crippen LogP contribution < -0.4 is 27.2 Å². The number of fused-ring (bicyclic) bond motifs is 2. The quantitative estimate of drug-likeness (QED) is 0.355. The van der Waals surface area contributed by atoms with Crippen molar-refractivity contribution < 1.29 is 13.6 Å². The zero-order chi connectivity index (χ0) is 25.0. The van der Waals surface area contributed by atoms with E-state index in [2.05, 4.69) is 40.0 Å². The normalized spacial score (nSPS) is 11.4. The van der Waals surface area contributed by atoms with E-state index in [1.54, 1.807) is 12.1 Å². The van der Waals surface area contributed by atoms with Crippen LogP contribution in [0.2, 0.25) is 0 Å². The van der Waals surface area contributed by atoms with Gasteiger partial charge in [-0.05, 0) is 47.4 Å². The molecule has 2 heterocycles. The topological polar surface area (TPSA) is 104 Å². The van der Waals surface area contributed by atoms with Gasteiger partial charge >= 0.3 is 22.5 Å². The number of benzene rings is 4. The second-order valence-corrected chi connectivity index (χ2v) is 8.47. The van der Waals surface area contributed by atoms with Crippen molar-refractivity contribution in [1.82, 2.24) is 0 Å². The fourth-order valence-electron chi connectivity index (χ4n) is 4.30. The third-order valence-electron chi connectivity index (χ3n) is 6.18. The van der Waals surface area contributed by atoms with E-state index in [4.69, 9.17) is 4.74 Å². The summed E-state index contributed by atoms with van der Waals surface area (Å²) in [5.74, 6) is 0.0642. The summed E-state index contributed by atoms with van der Waals surface area (Å²) in [4.78, 5) is 48.7. The second kappa shape index (κ2) is 8.02. The van der Waals surface area contributed by atoms with Crippen molar-refractivity contribution >= 4 is 21.5 Å². The zero-order valence-corrected chi connectivity index (χ0v) is 18.9. The molecule has 6 rings (SSSR count). The summed E-state index contributed by atoms with van der Waals surface area (Å²) in [5, 5.41) is -0.710. The summed E-state index contributed by atoms with van der Waals surface area (Å²) < 4.78 is 15.2. The van der Waals surface area contributed by atoms with Gasteiger partial charge in [0.15, 0.2) is 5.75 Å². The molecule has 0 radical (unpaired) electrons. The second-order valence-electron chi connectivity index (χ2n) is 8.47. The molecule has 0 aliphatic carbocycles. The molecule has 0 amide bonds. The molecule has 7 heteroatoms. The Hall–Kier alpha value is -5.04. The van der Waals surface area contributed by atoms with Gasteiger partial charge in [-0.2, -0.15) is 0 Å². The van der Waals surface area contributed by atoms with Gasteiger partial charge in [0.05, 0.1) is 10.8 Å². The lowest BCUT2D eigenvalue weighted by Crippen LogP contribution is -2.00. The highest BCUT2D eigenvalue weighted by molar-refractivity contribution is 6.04. The van der Waals surface area contributed by atoms with E-state index < -0.39 is 22.5 Å². The standard InChI is InChI=1S/C29H16O7/c1-15-2-4-16(5-3-15)17-6-8-18(9-7-17)19-10-12-20(13-11-19)34-25-23-21(26(30)35-28(23)32)14-22-24(25)29(33)36-27(22)31/h2-14H,1H3. The maximum absolute atomic E-state index is 12.3. The number of aryl methyl sites for hydroxylation is 1. The average Bonchev–Trinajstić information content (AvgIpc) is 3.34. The van der Waals surface area contributed by atoms with E-state index in [0.717, 1.165) is 28.3 Å². The molecule has 0 N–H and O–H groups in total. The molecule has 4 aromatic carbocycles. The van der Waals surface area contributed by atoms with Crippen molar-refractivity contribution in [3.63, 3.8) is 0 Å². The molecule has 174 valence electrons. The lowest BCUT2D eigenvalue weighted by atomic mass is 10.00. The Morgan fingerprint density at radius 2 is 0.917 bits per heavy atom. The fraction of sp³-hybridized carbons (Fsp3) is 0.0345. The average molecular weight is 476 g/mol. The first-order chi connectivity index (χ1) is 17.4. The minimum absolute atomic E-state index is 0.148. The molecule has 0 bridgehead atoms. The minimum Gasteiger partial charge on any atom is -0.455 e. The summed E-state index contributed by atoms with van der Waals surface area (Å²) in [6, 6.07) is 24.6. The predicted molar refractivity (Wildman–Crippen MR) is 136 cm³/mol. The van der Waals surface area contributed by atoms with E-state index in [0.29, 0.717) is 5.75 Å². The van der Waals surface area contributed by atoms with Crippen LogP contribution in [0.25, 0.3) is 43.8 Å². The van der Waals surface area contributed by atoms with Crippen LogP contribution in [0.4, 0.5) is 0 Å². The Balaban J connectivity index is 1.36. The smallest absolute Gasteiger partial charge is 0.350 e. The first-order valence-corrected chi connectivity index (χ1v) is 11.1. The summed E-state index contributed by atoms with van der Waals surface area (Å²) in [6.07, 6.45) is 0. The lowest BCUT2D eigenvalue weighted by Gasteiger charge is -2.09. The minimum atomic E-state index is -0.953. The van der Waals surface area contributed by atoms with Crippen LogP contribution in [-0.2, 0) is 0 Å². The first-order valence-electron chi connectivity index (χ1n) is 11.1. The van der Waals surface area contributed by atoms with E-state index >= 15 is 0 Å². The van der Waals surface area contributed by atoms with Crippen LogP contribution in [0.5, 0.6) is 11.5 Å². The Morgan fingerprint density at radius 1 is 0.528 bits per heavy atom. The SMILES string of the molecule is Cc1ccc(-c2ccc(-c3ccc(Oc4c5c(=O)oc(=O)c5cc5c(=O)oc(=O)c45)cc3)cc2)cc1. The Labute approximate surface area is 202 Å². The van der Waals surface area contributed by atoms with E-state index in [-0.39, 0.29) is 27.3 Å². The van der Waals surface area contributed by atoms with Crippen molar-refractivity contribution in [1.29, 1.82) is 0 Å². The first kappa shape index (κ1) is 21.5. The summed E-state index contributed by atoms with van der Waals surface area (Å²) >= 11 is 0. The lowest BCUT2D eigenvalue weighted by molar-refractivity contribution is 0.478. The van der Waals surface area contributed by atoms with Gasteiger partial charge in [-0.3, -0.25) is 0 Å². The molecule has 0 aliphatic rings. The number of ether oxygens (including phenoxy) is 1. The van der Waals surface area contributed by atoms with Gasteiger partial charge in [0, 0.05) is 0 Å². The van der Waals surface area contributed by atoms with Crippen molar-refractivity contribution in [2.75, 3.05) is 0 Å². The predicted octanol–water partition coefficient (Wildman–Crippen LogP) is 4.93. The molecular weight excluding hydrogens is 460 g/mol. The highest BCUT2D eigenvalue weighted by atomic mass is 16.5. The van der Waals surface area contributed by atoms with Crippen LogP contribution in [0.1, 0.15) is 5.56 Å². The summed E-state index contributed by atoms with van der Waals surface area (Å²) in [7, 11) is 0. The van der Waals surface area contributed by atoms with Crippen molar-refractivity contribution in [3.8, 4) is 33.8 Å². The molecule has 2 aromatic heterocycles. The van der Waals surface area contributed by atoms with Gasteiger partial charge in [-0.25, -0.2) is 19.2 Å². The van der Waals surface area contributed by atoms with E-state index in [1.165, 1.54) is 5.56 Å². The molecular formula is C29H16O7. The van der Waals surface area contributed by atoms with Gasteiger partial charge in [0.1, 0.15) is 16.5 Å². The third kappa shape index (κ3) is 3.45. The van der Waals surface area contributed by atoms with Gasteiger partial charge in [0.25, 0.3) is 0 Å². The van der Waals surface area contributed by atoms with Crippen LogP contribution in [0.3, 0.4) is 0 Å². The molecule has 0 saturated heterocycles. The van der Waals surface area contributed by atoms with Crippen molar-refractivity contribution in [3.05, 3.63) is 126 Å². The zero-order valence-electron chi connectivity index (χ0n) is 18.9. The molecule has 7 nitrogen and oxygen atoms in total. The van der Waals surface area contributed by atoms with E-state index in [9.17, 15) is 19.2 Å². The third-order valence-corrected chi connectivity index (χ3v) is 6.18. The molecule has 36 heavy (non-hydrogen) atoms. The molecule has 0 spiro atoms. The monoisotopic (exact) mass is 476 g/mol. The number of furan rings is 2. The van der Waals surface area contributed by atoms with Gasteiger partial charge in [-0.1, -0.05) is 66.2 Å². The Kier molecular flexibility index (Phi) is 4.79. The van der Waals surface area contributed by atoms with Gasteiger partial charge < -0.3 is 13.6 Å². The number of rotatable bonds is 4. The molecule has 0 saturated carbocycles. The van der Waals surface area contributed by atoms with Crippen molar-refractivity contribution in [2.24, 2.45) is 0 Å². The Bertz CT molecular complexity index is 1890. The highest BCUT2D eigenvalue weighted by Crippen LogP contribution is 2.34. The molecule has 0 unspecified atom stereocenters. The fourth-order valence-corrected chi connectivity index (χ4v) is 4.30. The summed E-state index contributed by atoms with van der Waals surface area (Å²) in [6.45, 7) is 2.05. The van der Waals surface area contributed by atoms with Crippen molar-refractivity contribution in [2.45, 2.75) is 6.92 Å². The maximum Gasteiger partial charge on any atom is 0.350 e. The van der Waals surface area contributed by atoms with Crippen LogP contribution in [0, 0.1) is 6.92 Å². The van der Waals surface area contributed by atoms with Crippen LogP contribution >= 0.6 is 0 Å². The summed E-state index contributed by atoms with van der Waals surface area (Å²) in [5.41, 5.74) is 1.61. The molecule has 0 fully saturated rings. The van der Waals surface area contributed by atoms with Crippen LogP contribution in [0.15, 0.2) is 107 Å². The largest absolute Gasteiger partial charge is 0.455 e.